The number of aromatic nitrogens is 2. The van der Waals surface area contributed by atoms with Gasteiger partial charge in [0.25, 0.3) is 0 Å². The van der Waals surface area contributed by atoms with Gasteiger partial charge in [0, 0.05) is 28.7 Å². The lowest BCUT2D eigenvalue weighted by molar-refractivity contribution is 0.00326. The van der Waals surface area contributed by atoms with Gasteiger partial charge >= 0.3 is 0 Å². The van der Waals surface area contributed by atoms with Crippen LogP contribution in [0.2, 0.25) is 10.0 Å². The van der Waals surface area contributed by atoms with E-state index in [2.05, 4.69) is 20.9 Å². The van der Waals surface area contributed by atoms with Gasteiger partial charge in [0.05, 0.1) is 24.5 Å². The Bertz CT molecular complexity index is 892. The van der Waals surface area contributed by atoms with Crippen LogP contribution in [0.15, 0.2) is 54.7 Å². The van der Waals surface area contributed by atoms with Gasteiger partial charge in [0.15, 0.2) is 0 Å². The van der Waals surface area contributed by atoms with Gasteiger partial charge in [-0.15, -0.1) is 0 Å². The molecular formula is C20H19Cl2N3O. The Morgan fingerprint density at radius 2 is 1.96 bits per heavy atom. The molecule has 2 aromatic carbocycles. The highest BCUT2D eigenvalue weighted by Crippen LogP contribution is 2.26. The van der Waals surface area contributed by atoms with Crippen molar-refractivity contribution in [3.05, 3.63) is 76.2 Å². The molecule has 1 aliphatic rings. The standard InChI is InChI=1S/C20H19Cl2N3O/c21-16-6-4-14(5-7-16)9-23-10-18-12-25-19(11-24-20(25)13-26-18)15-2-1-3-17(22)8-15/h1-8,11,18,23H,9-10,12-13H2. The van der Waals surface area contributed by atoms with E-state index >= 15 is 0 Å². The molecule has 3 aromatic rings. The maximum absolute atomic E-state index is 6.14. The summed E-state index contributed by atoms with van der Waals surface area (Å²) in [5.74, 6) is 0.953. The molecule has 26 heavy (non-hydrogen) atoms. The molecule has 0 spiro atoms. The number of benzene rings is 2. The van der Waals surface area contributed by atoms with Gasteiger partial charge in [-0.05, 0) is 29.8 Å². The van der Waals surface area contributed by atoms with Crippen LogP contribution in [0.3, 0.4) is 0 Å². The highest BCUT2D eigenvalue weighted by molar-refractivity contribution is 6.31. The molecule has 0 radical (unpaired) electrons. The predicted octanol–water partition coefficient (Wildman–Crippen LogP) is 4.55. The minimum absolute atomic E-state index is 0.0990. The molecule has 0 bridgehead atoms. The molecule has 0 aliphatic carbocycles. The van der Waals surface area contributed by atoms with E-state index in [1.807, 2.05) is 48.7 Å². The van der Waals surface area contributed by atoms with Gasteiger partial charge in [-0.2, -0.15) is 0 Å². The monoisotopic (exact) mass is 387 g/mol. The van der Waals surface area contributed by atoms with Crippen LogP contribution in [0.5, 0.6) is 0 Å². The summed E-state index contributed by atoms with van der Waals surface area (Å²) in [7, 11) is 0. The maximum atomic E-state index is 6.14. The van der Waals surface area contributed by atoms with Crippen LogP contribution >= 0.6 is 23.2 Å². The Morgan fingerprint density at radius 1 is 1.12 bits per heavy atom. The molecule has 4 rings (SSSR count). The number of hydrogen-bond acceptors (Lipinski definition) is 3. The highest BCUT2D eigenvalue weighted by atomic mass is 35.5. The molecule has 1 aromatic heterocycles. The van der Waals surface area contributed by atoms with Crippen LogP contribution in [-0.4, -0.2) is 22.2 Å². The fourth-order valence-electron chi connectivity index (χ4n) is 3.16. The summed E-state index contributed by atoms with van der Waals surface area (Å²) in [5, 5.41) is 4.94. The Morgan fingerprint density at radius 3 is 2.77 bits per heavy atom. The smallest absolute Gasteiger partial charge is 0.135 e. The average molecular weight is 388 g/mol. The first-order valence-corrected chi connectivity index (χ1v) is 9.32. The number of halogens is 2. The van der Waals surface area contributed by atoms with E-state index in [0.29, 0.717) is 6.61 Å². The van der Waals surface area contributed by atoms with E-state index in [1.54, 1.807) is 0 Å². The second-order valence-corrected chi connectivity index (χ2v) is 7.24. The summed E-state index contributed by atoms with van der Waals surface area (Å²) in [4.78, 5) is 4.50. The van der Waals surface area contributed by atoms with E-state index in [1.165, 1.54) is 5.56 Å². The molecule has 0 saturated heterocycles. The van der Waals surface area contributed by atoms with Crippen molar-refractivity contribution < 1.29 is 4.74 Å². The Kier molecular flexibility index (Phi) is 5.27. The zero-order chi connectivity index (χ0) is 17.9. The number of rotatable bonds is 5. The van der Waals surface area contributed by atoms with Crippen LogP contribution in [0.1, 0.15) is 11.4 Å². The van der Waals surface area contributed by atoms with Gasteiger partial charge in [0.1, 0.15) is 12.4 Å². The quantitative estimate of drug-likeness (QED) is 0.697. The summed E-state index contributed by atoms with van der Waals surface area (Å²) in [6, 6.07) is 15.7. The predicted molar refractivity (Wildman–Crippen MR) is 104 cm³/mol. The summed E-state index contributed by atoms with van der Waals surface area (Å²) in [6.07, 6.45) is 2.00. The van der Waals surface area contributed by atoms with E-state index in [0.717, 1.165) is 46.8 Å². The van der Waals surface area contributed by atoms with E-state index < -0.39 is 0 Å². The first-order valence-electron chi connectivity index (χ1n) is 8.56. The zero-order valence-electron chi connectivity index (χ0n) is 14.2. The van der Waals surface area contributed by atoms with Gasteiger partial charge in [-0.1, -0.05) is 47.5 Å². The van der Waals surface area contributed by atoms with Crippen LogP contribution < -0.4 is 5.32 Å². The Balaban J connectivity index is 1.41. The topological polar surface area (TPSA) is 39.1 Å². The first kappa shape index (κ1) is 17.6. The Labute approximate surface area is 162 Å². The lowest BCUT2D eigenvalue weighted by Crippen LogP contribution is -2.36. The van der Waals surface area contributed by atoms with Crippen LogP contribution in [0.4, 0.5) is 0 Å². The van der Waals surface area contributed by atoms with E-state index in [9.17, 15) is 0 Å². The number of nitrogens with one attached hydrogen (secondary N) is 1. The molecule has 0 fully saturated rings. The van der Waals surface area contributed by atoms with Crippen molar-refractivity contribution in [1.82, 2.24) is 14.9 Å². The summed E-state index contributed by atoms with van der Waals surface area (Å²) >= 11 is 12.1. The van der Waals surface area contributed by atoms with Crippen molar-refractivity contribution in [3.8, 4) is 11.3 Å². The largest absolute Gasteiger partial charge is 0.367 e. The Hall–Kier alpha value is -1.85. The number of hydrogen-bond donors (Lipinski definition) is 1. The third-order valence-corrected chi connectivity index (χ3v) is 4.99. The zero-order valence-corrected chi connectivity index (χ0v) is 15.7. The third kappa shape index (κ3) is 3.94. The van der Waals surface area contributed by atoms with E-state index in [-0.39, 0.29) is 6.10 Å². The molecule has 1 aliphatic heterocycles. The first-order chi connectivity index (χ1) is 12.7. The van der Waals surface area contributed by atoms with Gasteiger partial charge in [-0.25, -0.2) is 4.98 Å². The van der Waals surface area contributed by atoms with Crippen LogP contribution in [-0.2, 0) is 24.4 Å². The van der Waals surface area contributed by atoms with Crippen molar-refractivity contribution in [3.63, 3.8) is 0 Å². The van der Waals surface area contributed by atoms with Gasteiger partial charge in [0.2, 0.25) is 0 Å². The molecule has 6 heteroatoms. The molecular weight excluding hydrogens is 369 g/mol. The number of ether oxygens (including phenoxy) is 1. The van der Waals surface area contributed by atoms with E-state index in [4.69, 9.17) is 27.9 Å². The lowest BCUT2D eigenvalue weighted by atomic mass is 10.1. The van der Waals surface area contributed by atoms with Crippen molar-refractivity contribution in [2.24, 2.45) is 0 Å². The number of fused-ring (bicyclic) bond motifs is 1. The van der Waals surface area contributed by atoms with Crippen LogP contribution in [0, 0.1) is 0 Å². The average Bonchev–Trinajstić information content (AvgIpc) is 3.07. The minimum Gasteiger partial charge on any atom is -0.367 e. The molecule has 4 nitrogen and oxygen atoms in total. The molecule has 2 heterocycles. The molecule has 0 amide bonds. The SMILES string of the molecule is Clc1ccc(CNCC2Cn3c(-c4cccc(Cl)c4)cnc3CO2)cc1. The molecule has 1 atom stereocenters. The van der Waals surface area contributed by atoms with Crippen molar-refractivity contribution in [2.45, 2.75) is 25.8 Å². The minimum atomic E-state index is 0.0990. The summed E-state index contributed by atoms with van der Waals surface area (Å²) < 4.78 is 8.17. The van der Waals surface area contributed by atoms with Crippen LogP contribution in [0.25, 0.3) is 11.3 Å². The fourth-order valence-corrected chi connectivity index (χ4v) is 3.48. The molecule has 1 N–H and O–H groups in total. The third-order valence-electron chi connectivity index (χ3n) is 4.51. The highest BCUT2D eigenvalue weighted by Gasteiger charge is 2.22. The molecule has 0 saturated carbocycles. The van der Waals surface area contributed by atoms with Crippen molar-refractivity contribution in [2.75, 3.05) is 6.54 Å². The second kappa shape index (κ2) is 7.80. The molecule has 1 unspecified atom stereocenters. The number of nitrogens with zero attached hydrogens (tertiary/aromatic N) is 2. The van der Waals surface area contributed by atoms with Gasteiger partial charge < -0.3 is 14.6 Å². The second-order valence-electron chi connectivity index (χ2n) is 6.37. The summed E-state index contributed by atoms with van der Waals surface area (Å²) in [6.45, 7) is 2.85. The maximum Gasteiger partial charge on any atom is 0.135 e. The normalized spacial score (nSPS) is 16.5. The van der Waals surface area contributed by atoms with Gasteiger partial charge in [-0.3, -0.25) is 0 Å². The fraction of sp³-hybridized carbons (Fsp3) is 0.250. The van der Waals surface area contributed by atoms with Crippen molar-refractivity contribution >= 4 is 23.2 Å². The molecule has 134 valence electrons. The number of imidazole rings is 1. The van der Waals surface area contributed by atoms with Crippen molar-refractivity contribution in [1.29, 1.82) is 0 Å². The summed E-state index contributed by atoms with van der Waals surface area (Å²) in [5.41, 5.74) is 3.35. The lowest BCUT2D eigenvalue weighted by Gasteiger charge is -2.26.